The lowest BCUT2D eigenvalue weighted by Crippen LogP contribution is -2.31. The van der Waals surface area contributed by atoms with Gasteiger partial charge in [0.05, 0.1) is 0 Å². The van der Waals surface area contributed by atoms with Gasteiger partial charge in [0.15, 0.2) is 0 Å². The van der Waals surface area contributed by atoms with Crippen molar-refractivity contribution in [2.75, 3.05) is 0 Å². The predicted octanol–water partition coefficient (Wildman–Crippen LogP) is 5.04. The van der Waals surface area contributed by atoms with E-state index >= 15 is 0 Å². The van der Waals surface area contributed by atoms with Crippen LogP contribution in [0.3, 0.4) is 0 Å². The minimum atomic E-state index is 0.257. The van der Waals surface area contributed by atoms with E-state index in [9.17, 15) is 0 Å². The van der Waals surface area contributed by atoms with Gasteiger partial charge in [0.2, 0.25) is 0 Å². The Morgan fingerprint density at radius 2 is 2.10 bits per heavy atom. The van der Waals surface area contributed by atoms with Gasteiger partial charge in [0.25, 0.3) is 0 Å². The number of hydrogen-bond donors (Lipinski definition) is 1. The summed E-state index contributed by atoms with van der Waals surface area (Å²) in [4.78, 5) is 0. The van der Waals surface area contributed by atoms with Crippen LogP contribution in [-0.2, 0) is 0 Å². The van der Waals surface area contributed by atoms with Gasteiger partial charge < -0.3 is 5.73 Å². The van der Waals surface area contributed by atoms with Gasteiger partial charge in [0.1, 0.15) is 0 Å². The SMILES string of the molecule is C[C@@H]1CC(C2=C(N)CCC=C2)=C[C@@](C)(C2C=CC=CC2)C1. The van der Waals surface area contributed by atoms with E-state index in [1.54, 1.807) is 0 Å². The fraction of sp³-hybridized carbons (Fsp3) is 0.500. The van der Waals surface area contributed by atoms with Crippen LogP contribution in [0.2, 0.25) is 0 Å². The summed E-state index contributed by atoms with van der Waals surface area (Å²) >= 11 is 0. The molecule has 0 saturated heterocycles. The quantitative estimate of drug-likeness (QED) is 0.753. The summed E-state index contributed by atoms with van der Waals surface area (Å²) in [6, 6.07) is 0. The second-order valence-electron chi connectivity index (χ2n) is 7.22. The van der Waals surface area contributed by atoms with Crippen LogP contribution in [0, 0.1) is 17.3 Å². The molecule has 0 aromatic rings. The standard InChI is InChI=1S/C20H27N/c1-15-12-16(18-10-6-7-11-19(18)21)14-20(2,13-15)17-8-4-3-5-9-17/h3-6,8,10,14-15,17H,7,9,11-13,21H2,1-2H3/t15-,17?,20+/m1/s1. The second-order valence-corrected chi connectivity index (χ2v) is 7.22. The van der Waals surface area contributed by atoms with Crippen molar-refractivity contribution in [1.82, 2.24) is 0 Å². The molecule has 1 heteroatoms. The van der Waals surface area contributed by atoms with Crippen molar-refractivity contribution in [2.45, 2.75) is 46.0 Å². The van der Waals surface area contributed by atoms with Crippen LogP contribution in [0.25, 0.3) is 0 Å². The maximum absolute atomic E-state index is 6.28. The summed E-state index contributed by atoms with van der Waals surface area (Å²) in [5.41, 5.74) is 10.4. The third-order valence-corrected chi connectivity index (χ3v) is 5.25. The average Bonchev–Trinajstić information content (AvgIpc) is 2.48. The van der Waals surface area contributed by atoms with E-state index < -0.39 is 0 Å². The summed E-state index contributed by atoms with van der Waals surface area (Å²) in [5.74, 6) is 1.35. The second kappa shape index (κ2) is 5.71. The Kier molecular flexibility index (Phi) is 3.93. The Bertz CT molecular complexity index is 558. The van der Waals surface area contributed by atoms with Crippen LogP contribution in [0.1, 0.15) is 46.0 Å². The lowest BCUT2D eigenvalue weighted by atomic mass is 9.63. The van der Waals surface area contributed by atoms with Crippen LogP contribution in [-0.4, -0.2) is 0 Å². The van der Waals surface area contributed by atoms with E-state index in [1.807, 2.05) is 0 Å². The van der Waals surface area contributed by atoms with Crippen LogP contribution in [0.5, 0.6) is 0 Å². The molecule has 0 radical (unpaired) electrons. The molecule has 0 amide bonds. The van der Waals surface area contributed by atoms with Gasteiger partial charge in [0, 0.05) is 5.70 Å². The molecular weight excluding hydrogens is 254 g/mol. The highest BCUT2D eigenvalue weighted by Gasteiger charge is 2.36. The Morgan fingerprint density at radius 1 is 1.24 bits per heavy atom. The Hall–Kier alpha value is -1.50. The molecule has 3 rings (SSSR count). The smallest absolute Gasteiger partial charge is 0.0160 e. The maximum atomic E-state index is 6.28. The molecule has 0 spiro atoms. The van der Waals surface area contributed by atoms with E-state index in [-0.39, 0.29) is 5.41 Å². The van der Waals surface area contributed by atoms with E-state index in [2.05, 4.69) is 56.4 Å². The number of hydrogen-bond acceptors (Lipinski definition) is 1. The molecule has 3 aliphatic carbocycles. The van der Waals surface area contributed by atoms with Crippen LogP contribution >= 0.6 is 0 Å². The lowest BCUT2D eigenvalue weighted by Gasteiger charge is -2.41. The molecule has 0 fully saturated rings. The molecule has 3 aliphatic rings. The monoisotopic (exact) mass is 281 g/mol. The molecule has 0 aromatic heterocycles. The largest absolute Gasteiger partial charge is 0.402 e. The summed E-state index contributed by atoms with van der Waals surface area (Å²) in [5, 5.41) is 0. The van der Waals surface area contributed by atoms with Crippen molar-refractivity contribution < 1.29 is 0 Å². The zero-order valence-electron chi connectivity index (χ0n) is 13.3. The van der Waals surface area contributed by atoms with Crippen LogP contribution < -0.4 is 5.73 Å². The Morgan fingerprint density at radius 3 is 2.81 bits per heavy atom. The van der Waals surface area contributed by atoms with Crippen molar-refractivity contribution >= 4 is 0 Å². The first-order valence-corrected chi connectivity index (χ1v) is 8.29. The third kappa shape index (κ3) is 2.92. The number of nitrogens with two attached hydrogens (primary N) is 1. The van der Waals surface area contributed by atoms with Crippen molar-refractivity contribution in [3.8, 4) is 0 Å². The minimum absolute atomic E-state index is 0.257. The lowest BCUT2D eigenvalue weighted by molar-refractivity contribution is 0.224. The van der Waals surface area contributed by atoms with E-state index in [1.165, 1.54) is 24.0 Å². The van der Waals surface area contributed by atoms with E-state index in [4.69, 9.17) is 5.73 Å². The molecule has 0 heterocycles. The average molecular weight is 281 g/mol. The molecule has 1 unspecified atom stereocenters. The van der Waals surface area contributed by atoms with Crippen molar-refractivity contribution in [3.05, 3.63) is 59.4 Å². The molecule has 3 atom stereocenters. The third-order valence-electron chi connectivity index (χ3n) is 5.25. The highest BCUT2D eigenvalue weighted by molar-refractivity contribution is 5.46. The van der Waals surface area contributed by atoms with Gasteiger partial charge >= 0.3 is 0 Å². The number of allylic oxidation sites excluding steroid dienone is 10. The number of rotatable bonds is 2. The minimum Gasteiger partial charge on any atom is -0.402 e. The van der Waals surface area contributed by atoms with Crippen molar-refractivity contribution in [3.63, 3.8) is 0 Å². The molecule has 112 valence electrons. The topological polar surface area (TPSA) is 26.0 Å². The summed E-state index contributed by atoms with van der Waals surface area (Å²) in [6.07, 6.45) is 21.8. The van der Waals surface area contributed by atoms with E-state index in [0.717, 1.165) is 30.9 Å². The molecule has 0 bridgehead atoms. The Balaban J connectivity index is 1.95. The summed E-state index contributed by atoms with van der Waals surface area (Å²) in [7, 11) is 0. The highest BCUT2D eigenvalue weighted by atomic mass is 14.6. The Labute approximate surface area is 129 Å². The fourth-order valence-electron chi connectivity index (χ4n) is 4.23. The van der Waals surface area contributed by atoms with Crippen molar-refractivity contribution in [2.24, 2.45) is 23.0 Å². The molecule has 0 aliphatic heterocycles. The summed E-state index contributed by atoms with van der Waals surface area (Å²) in [6.45, 7) is 4.82. The first-order chi connectivity index (χ1) is 10.1. The first-order valence-electron chi connectivity index (χ1n) is 8.29. The highest BCUT2D eigenvalue weighted by Crippen LogP contribution is 2.47. The molecule has 0 saturated carbocycles. The van der Waals surface area contributed by atoms with Crippen LogP contribution in [0.15, 0.2) is 59.4 Å². The maximum Gasteiger partial charge on any atom is 0.0160 e. The zero-order chi connectivity index (χ0) is 14.9. The van der Waals surface area contributed by atoms with Gasteiger partial charge in [-0.05, 0) is 60.5 Å². The van der Waals surface area contributed by atoms with Crippen LogP contribution in [0.4, 0.5) is 0 Å². The fourth-order valence-corrected chi connectivity index (χ4v) is 4.23. The van der Waals surface area contributed by atoms with Gasteiger partial charge in [-0.15, -0.1) is 0 Å². The first kappa shape index (κ1) is 14.4. The van der Waals surface area contributed by atoms with E-state index in [0.29, 0.717) is 5.92 Å². The van der Waals surface area contributed by atoms with Gasteiger partial charge in [-0.1, -0.05) is 56.4 Å². The predicted molar refractivity (Wildman–Crippen MR) is 90.6 cm³/mol. The normalized spacial score (nSPS) is 36.0. The molecule has 1 nitrogen and oxygen atoms in total. The molecule has 0 aromatic carbocycles. The zero-order valence-corrected chi connectivity index (χ0v) is 13.3. The van der Waals surface area contributed by atoms with Gasteiger partial charge in [-0.3, -0.25) is 0 Å². The molecule has 21 heavy (non-hydrogen) atoms. The summed E-state index contributed by atoms with van der Waals surface area (Å²) < 4.78 is 0. The van der Waals surface area contributed by atoms with Gasteiger partial charge in [-0.25, -0.2) is 0 Å². The molecule has 2 N–H and O–H groups in total. The molecular formula is C20H27N. The van der Waals surface area contributed by atoms with Gasteiger partial charge in [-0.2, -0.15) is 0 Å². The van der Waals surface area contributed by atoms with Crippen molar-refractivity contribution in [1.29, 1.82) is 0 Å².